The van der Waals surface area contributed by atoms with Gasteiger partial charge in [-0.05, 0) is 65.9 Å². The monoisotopic (exact) mass is 530 g/mol. The van der Waals surface area contributed by atoms with E-state index < -0.39 is 10.0 Å². The van der Waals surface area contributed by atoms with Gasteiger partial charge in [0, 0.05) is 34.4 Å². The number of aromatic nitrogens is 2. The van der Waals surface area contributed by atoms with Gasteiger partial charge in [-0.3, -0.25) is 4.98 Å². The van der Waals surface area contributed by atoms with Crippen LogP contribution in [0.3, 0.4) is 0 Å². The second-order valence-corrected chi connectivity index (χ2v) is 10.4. The fourth-order valence-corrected chi connectivity index (χ4v) is 5.89. The number of anilines is 2. The summed E-state index contributed by atoms with van der Waals surface area (Å²) < 4.78 is 39.7. The van der Waals surface area contributed by atoms with Gasteiger partial charge in [0.25, 0.3) is 10.0 Å². The smallest absolute Gasteiger partial charge is 0.270 e. The highest BCUT2D eigenvalue weighted by Crippen LogP contribution is 2.42. The van der Waals surface area contributed by atoms with E-state index in [0.29, 0.717) is 21.5 Å². The summed E-state index contributed by atoms with van der Waals surface area (Å²) in [6, 6.07) is 18.6. The summed E-state index contributed by atoms with van der Waals surface area (Å²) in [4.78, 5) is 4.09. The number of sulfonamides is 1. The van der Waals surface area contributed by atoms with Crippen molar-refractivity contribution in [2.24, 2.45) is 0 Å². The third kappa shape index (κ3) is 4.48. The number of benzene rings is 3. The molecule has 5 aromatic rings. The van der Waals surface area contributed by atoms with Gasteiger partial charge in [-0.15, -0.1) is 0 Å². The number of halogens is 1. The van der Waals surface area contributed by atoms with Crippen molar-refractivity contribution in [3.63, 3.8) is 0 Å². The Bertz CT molecular complexity index is 1760. The molecule has 0 amide bonds. The molecule has 0 N–H and O–H groups in total. The van der Waals surface area contributed by atoms with Crippen molar-refractivity contribution in [1.29, 1.82) is 5.26 Å². The van der Waals surface area contributed by atoms with Crippen LogP contribution in [0.2, 0.25) is 5.02 Å². The molecule has 2 heterocycles. The quantitative estimate of drug-likeness (QED) is 0.255. The van der Waals surface area contributed by atoms with Crippen LogP contribution >= 0.6 is 11.6 Å². The van der Waals surface area contributed by atoms with Gasteiger partial charge in [-0.2, -0.15) is 5.26 Å². The largest absolute Gasteiger partial charge is 0.495 e. The number of ether oxygens (including phenoxy) is 1. The number of methoxy groups -OCH3 is 1. The number of pyridine rings is 1. The third-order valence-electron chi connectivity index (χ3n) is 5.79. The average Bonchev–Trinajstić information content (AvgIpc) is 3.41. The number of hydrogen-bond acceptors (Lipinski definition) is 7. The molecular weight excluding hydrogens is 512 g/mol. The molecule has 5 rings (SSSR count). The summed E-state index contributed by atoms with van der Waals surface area (Å²) in [5, 5.41) is 15.9. The molecule has 0 bridgehead atoms. The van der Waals surface area contributed by atoms with Gasteiger partial charge < -0.3 is 9.26 Å². The standard InChI is InChI=1S/C27H19ClN4O4S/c1-17-9-20(11-22(28)10-17)24-14-26(35-2)25(13-21(24)15-29)32(27-6-8-36-31-27)37(33,34)23-4-3-19-16-30-7-5-18(19)12-23/h3-14,16H,1-2H3. The molecule has 0 aliphatic heterocycles. The van der Waals surface area contributed by atoms with Crippen molar-refractivity contribution in [2.75, 3.05) is 11.4 Å². The predicted molar refractivity (Wildman–Crippen MR) is 140 cm³/mol. The van der Waals surface area contributed by atoms with E-state index in [1.165, 1.54) is 31.6 Å². The number of rotatable bonds is 6. The summed E-state index contributed by atoms with van der Waals surface area (Å²) in [7, 11) is -2.81. The van der Waals surface area contributed by atoms with E-state index in [1.807, 2.05) is 13.0 Å². The lowest BCUT2D eigenvalue weighted by Crippen LogP contribution is -2.27. The first kappa shape index (κ1) is 24.3. The highest BCUT2D eigenvalue weighted by atomic mass is 35.5. The Labute approximate surface area is 218 Å². The predicted octanol–water partition coefficient (Wildman–Crippen LogP) is 6.26. The first-order chi connectivity index (χ1) is 17.8. The molecule has 0 radical (unpaired) electrons. The molecule has 0 aliphatic carbocycles. The Balaban J connectivity index is 1.74. The second kappa shape index (κ2) is 9.58. The van der Waals surface area contributed by atoms with Crippen LogP contribution in [0.1, 0.15) is 11.1 Å². The maximum atomic E-state index is 14.1. The zero-order valence-electron chi connectivity index (χ0n) is 19.7. The minimum Gasteiger partial charge on any atom is -0.495 e. The Morgan fingerprint density at radius 3 is 2.59 bits per heavy atom. The Hall–Kier alpha value is -4.39. The lowest BCUT2D eigenvalue weighted by molar-refractivity contribution is 0.414. The molecule has 0 atom stereocenters. The summed E-state index contributed by atoms with van der Waals surface area (Å²) in [6.45, 7) is 1.89. The highest BCUT2D eigenvalue weighted by molar-refractivity contribution is 7.93. The van der Waals surface area contributed by atoms with Crippen molar-refractivity contribution < 1.29 is 17.7 Å². The van der Waals surface area contributed by atoms with Gasteiger partial charge in [0.1, 0.15) is 17.7 Å². The van der Waals surface area contributed by atoms with Gasteiger partial charge in [0.05, 0.1) is 23.6 Å². The Kier molecular flexibility index (Phi) is 6.29. The van der Waals surface area contributed by atoms with E-state index in [1.54, 1.807) is 48.8 Å². The van der Waals surface area contributed by atoms with Crippen LogP contribution < -0.4 is 9.04 Å². The number of hydrogen-bond donors (Lipinski definition) is 0. The van der Waals surface area contributed by atoms with E-state index in [9.17, 15) is 13.7 Å². The summed E-state index contributed by atoms with van der Waals surface area (Å²) in [5.74, 6) is 0.214. The van der Waals surface area contributed by atoms with Gasteiger partial charge in [-0.1, -0.05) is 28.9 Å². The molecule has 10 heteroatoms. The summed E-state index contributed by atoms with van der Waals surface area (Å²) in [5.41, 5.74) is 2.48. The molecule has 0 unspecified atom stereocenters. The first-order valence-corrected chi connectivity index (χ1v) is 12.8. The zero-order chi connectivity index (χ0) is 26.2. The van der Waals surface area contributed by atoms with Crippen LogP contribution in [-0.4, -0.2) is 25.7 Å². The third-order valence-corrected chi connectivity index (χ3v) is 7.73. The van der Waals surface area contributed by atoms with E-state index >= 15 is 0 Å². The number of fused-ring (bicyclic) bond motifs is 1. The van der Waals surface area contributed by atoms with Crippen molar-refractivity contribution in [1.82, 2.24) is 10.1 Å². The fourth-order valence-electron chi connectivity index (χ4n) is 4.13. The van der Waals surface area contributed by atoms with Crippen molar-refractivity contribution in [3.05, 3.63) is 95.5 Å². The Morgan fingerprint density at radius 2 is 1.89 bits per heavy atom. The number of aryl methyl sites for hydroxylation is 1. The molecule has 0 aliphatic rings. The molecule has 8 nitrogen and oxygen atoms in total. The molecule has 0 saturated heterocycles. The first-order valence-electron chi connectivity index (χ1n) is 11.0. The number of nitriles is 1. The lowest BCUT2D eigenvalue weighted by Gasteiger charge is -2.24. The SMILES string of the molecule is COc1cc(-c2cc(C)cc(Cl)c2)c(C#N)cc1N(c1ccon1)S(=O)(=O)c1ccc2cnccc2c1. The topological polar surface area (TPSA) is 109 Å². The molecule has 3 aromatic carbocycles. The maximum Gasteiger partial charge on any atom is 0.270 e. The summed E-state index contributed by atoms with van der Waals surface area (Å²) >= 11 is 6.26. The molecule has 0 spiro atoms. The second-order valence-electron chi connectivity index (χ2n) is 8.21. The van der Waals surface area contributed by atoms with Crippen molar-refractivity contribution in [2.45, 2.75) is 11.8 Å². The van der Waals surface area contributed by atoms with E-state index in [-0.39, 0.29) is 27.7 Å². The minimum absolute atomic E-state index is 0.00312. The van der Waals surface area contributed by atoms with Crippen molar-refractivity contribution in [3.8, 4) is 22.9 Å². The lowest BCUT2D eigenvalue weighted by atomic mass is 9.97. The van der Waals surface area contributed by atoms with E-state index in [4.69, 9.17) is 20.9 Å². The van der Waals surface area contributed by atoms with Gasteiger partial charge in [-0.25, -0.2) is 12.7 Å². The maximum absolute atomic E-state index is 14.1. The van der Waals surface area contributed by atoms with E-state index in [0.717, 1.165) is 15.3 Å². The normalized spacial score (nSPS) is 11.3. The molecule has 2 aromatic heterocycles. The van der Waals surface area contributed by atoms with Crippen LogP contribution in [0.5, 0.6) is 5.75 Å². The molecule has 184 valence electrons. The van der Waals surface area contributed by atoms with Crippen molar-refractivity contribution >= 4 is 43.9 Å². The molecule has 0 fully saturated rings. The van der Waals surface area contributed by atoms with Gasteiger partial charge in [0.2, 0.25) is 0 Å². The minimum atomic E-state index is -4.24. The van der Waals surface area contributed by atoms with Gasteiger partial charge in [0.15, 0.2) is 5.82 Å². The number of nitrogens with zero attached hydrogens (tertiary/aromatic N) is 4. The summed E-state index contributed by atoms with van der Waals surface area (Å²) in [6.07, 6.45) is 4.51. The van der Waals surface area contributed by atoms with Gasteiger partial charge >= 0.3 is 0 Å². The van der Waals surface area contributed by atoms with E-state index in [2.05, 4.69) is 16.2 Å². The molecule has 37 heavy (non-hydrogen) atoms. The van der Waals surface area contributed by atoms with Crippen LogP contribution in [0.25, 0.3) is 21.9 Å². The Morgan fingerprint density at radius 1 is 1.05 bits per heavy atom. The van der Waals surface area contributed by atoms with Crippen LogP contribution in [0, 0.1) is 18.3 Å². The van der Waals surface area contributed by atoms with Crippen LogP contribution in [0.15, 0.2) is 88.7 Å². The highest BCUT2D eigenvalue weighted by Gasteiger charge is 2.32. The molecular formula is C27H19ClN4O4S. The van der Waals surface area contributed by atoms with Crippen LogP contribution in [0.4, 0.5) is 11.5 Å². The molecule has 0 saturated carbocycles. The fraction of sp³-hybridized carbons (Fsp3) is 0.0741. The zero-order valence-corrected chi connectivity index (χ0v) is 21.3. The average molecular weight is 531 g/mol. The van der Waals surface area contributed by atoms with Crippen LogP contribution in [-0.2, 0) is 10.0 Å².